The minimum Gasteiger partial charge on any atom is -0.380 e. The molecule has 2 aliphatic rings. The second-order valence-electron chi connectivity index (χ2n) is 8.59. The Labute approximate surface area is 186 Å². The van der Waals surface area contributed by atoms with Crippen molar-refractivity contribution in [1.29, 1.82) is 0 Å². The molecule has 5 rings (SSSR count). The third-order valence-corrected chi connectivity index (χ3v) is 7.41. The maximum Gasteiger partial charge on any atom is 0.141 e. The Bertz CT molecular complexity index is 994. The standard InChI is InChI=1S/C24H29FN4OS/c25-20-5-3-19(4-6-20)21-16-31-24-22(21)23(26-17-27-24)29-11-7-18(8-12-29)15-30-14-13-28-9-1-2-10-28/h3-6,16-18H,1-2,7-15H2. The summed E-state index contributed by atoms with van der Waals surface area (Å²) in [6.07, 6.45) is 6.57. The average molecular weight is 441 g/mol. The Balaban J connectivity index is 1.22. The highest BCUT2D eigenvalue weighted by Gasteiger charge is 2.24. The van der Waals surface area contributed by atoms with Crippen molar-refractivity contribution in [2.24, 2.45) is 5.92 Å². The van der Waals surface area contributed by atoms with Crippen LogP contribution in [0.5, 0.6) is 0 Å². The molecule has 4 heterocycles. The molecule has 0 aliphatic carbocycles. The zero-order valence-corrected chi connectivity index (χ0v) is 18.6. The Hall–Kier alpha value is -2.09. The predicted octanol–water partition coefficient (Wildman–Crippen LogP) is 4.83. The molecule has 0 bridgehead atoms. The van der Waals surface area contributed by atoms with Gasteiger partial charge in [0.15, 0.2) is 0 Å². The number of thiophene rings is 1. The summed E-state index contributed by atoms with van der Waals surface area (Å²) >= 11 is 1.62. The molecule has 0 atom stereocenters. The van der Waals surface area contributed by atoms with E-state index in [0.29, 0.717) is 5.92 Å². The van der Waals surface area contributed by atoms with E-state index in [0.717, 1.165) is 72.9 Å². The number of aromatic nitrogens is 2. The van der Waals surface area contributed by atoms with Crippen LogP contribution in [0.3, 0.4) is 0 Å². The van der Waals surface area contributed by atoms with E-state index in [4.69, 9.17) is 4.74 Å². The summed E-state index contributed by atoms with van der Waals surface area (Å²) in [6, 6.07) is 6.69. The number of ether oxygens (including phenoxy) is 1. The molecule has 1 aromatic carbocycles. The SMILES string of the molecule is Fc1ccc(-c2csc3ncnc(N4CCC(COCCN5CCCC5)CC4)c23)cc1. The van der Waals surface area contributed by atoms with Gasteiger partial charge >= 0.3 is 0 Å². The minimum absolute atomic E-state index is 0.218. The monoisotopic (exact) mass is 440 g/mol. The van der Waals surface area contributed by atoms with Crippen LogP contribution in [0.1, 0.15) is 25.7 Å². The van der Waals surface area contributed by atoms with Crippen molar-refractivity contribution in [3.63, 3.8) is 0 Å². The van der Waals surface area contributed by atoms with Crippen LogP contribution >= 0.6 is 11.3 Å². The molecular formula is C24H29FN4OS. The van der Waals surface area contributed by atoms with Gasteiger partial charge in [-0.2, -0.15) is 0 Å². The molecule has 5 nitrogen and oxygen atoms in total. The average Bonchev–Trinajstić information content (AvgIpc) is 3.48. The van der Waals surface area contributed by atoms with Crippen molar-refractivity contribution < 1.29 is 9.13 Å². The molecule has 7 heteroatoms. The van der Waals surface area contributed by atoms with Crippen LogP contribution in [-0.4, -0.2) is 60.8 Å². The van der Waals surface area contributed by atoms with Crippen molar-refractivity contribution in [3.05, 3.63) is 41.8 Å². The zero-order valence-electron chi connectivity index (χ0n) is 17.8. The van der Waals surface area contributed by atoms with Crippen LogP contribution < -0.4 is 4.90 Å². The van der Waals surface area contributed by atoms with Crippen molar-refractivity contribution in [1.82, 2.24) is 14.9 Å². The van der Waals surface area contributed by atoms with Gasteiger partial charge in [-0.15, -0.1) is 11.3 Å². The number of nitrogens with zero attached hydrogens (tertiary/aromatic N) is 4. The largest absolute Gasteiger partial charge is 0.380 e. The van der Waals surface area contributed by atoms with E-state index in [1.165, 1.54) is 38.1 Å². The molecule has 0 unspecified atom stereocenters. The molecule has 2 fully saturated rings. The number of fused-ring (bicyclic) bond motifs is 1. The summed E-state index contributed by atoms with van der Waals surface area (Å²) in [5.74, 6) is 1.40. The first kappa shape index (κ1) is 20.8. The van der Waals surface area contributed by atoms with Crippen LogP contribution in [0.4, 0.5) is 10.2 Å². The fourth-order valence-electron chi connectivity index (χ4n) is 4.70. The second kappa shape index (κ2) is 9.59. The first-order valence-corrected chi connectivity index (χ1v) is 12.2. The minimum atomic E-state index is -0.218. The summed E-state index contributed by atoms with van der Waals surface area (Å²) in [6.45, 7) is 7.20. The first-order valence-electron chi connectivity index (χ1n) is 11.3. The number of halogens is 1. The number of piperidine rings is 1. The van der Waals surface area contributed by atoms with Gasteiger partial charge in [0.2, 0.25) is 0 Å². The third-order valence-electron chi connectivity index (χ3n) is 6.52. The lowest BCUT2D eigenvalue weighted by Gasteiger charge is -2.33. The molecule has 31 heavy (non-hydrogen) atoms. The lowest BCUT2D eigenvalue weighted by molar-refractivity contribution is 0.0753. The fourth-order valence-corrected chi connectivity index (χ4v) is 5.61. The molecule has 3 aromatic rings. The smallest absolute Gasteiger partial charge is 0.141 e. The van der Waals surface area contributed by atoms with E-state index in [1.807, 2.05) is 12.1 Å². The van der Waals surface area contributed by atoms with E-state index in [-0.39, 0.29) is 5.82 Å². The Morgan fingerprint density at radius 1 is 1.03 bits per heavy atom. The van der Waals surface area contributed by atoms with Crippen LogP contribution in [0.2, 0.25) is 0 Å². The maximum absolute atomic E-state index is 13.4. The second-order valence-corrected chi connectivity index (χ2v) is 9.45. The third kappa shape index (κ3) is 4.73. The fraction of sp³-hybridized carbons (Fsp3) is 0.500. The molecule has 0 spiro atoms. The number of hydrogen-bond donors (Lipinski definition) is 0. The molecular weight excluding hydrogens is 411 g/mol. The first-order chi connectivity index (χ1) is 15.3. The van der Waals surface area contributed by atoms with Crippen molar-refractivity contribution in [2.45, 2.75) is 25.7 Å². The van der Waals surface area contributed by atoms with Gasteiger partial charge in [0.05, 0.1) is 12.0 Å². The Morgan fingerprint density at radius 3 is 2.58 bits per heavy atom. The van der Waals surface area contributed by atoms with Gasteiger partial charge in [-0.1, -0.05) is 12.1 Å². The van der Waals surface area contributed by atoms with Crippen molar-refractivity contribution >= 4 is 27.4 Å². The Kier molecular flexibility index (Phi) is 6.43. The lowest BCUT2D eigenvalue weighted by Crippen LogP contribution is -2.36. The highest BCUT2D eigenvalue weighted by atomic mass is 32.1. The van der Waals surface area contributed by atoms with Gasteiger partial charge in [0, 0.05) is 37.2 Å². The van der Waals surface area contributed by atoms with Crippen LogP contribution in [0.15, 0.2) is 36.0 Å². The highest BCUT2D eigenvalue weighted by molar-refractivity contribution is 7.17. The van der Waals surface area contributed by atoms with E-state index >= 15 is 0 Å². The molecule has 0 amide bonds. The van der Waals surface area contributed by atoms with Crippen molar-refractivity contribution in [3.8, 4) is 11.1 Å². The summed E-state index contributed by atoms with van der Waals surface area (Å²) in [5, 5.41) is 3.19. The maximum atomic E-state index is 13.4. The van der Waals surface area contributed by atoms with Crippen LogP contribution in [0.25, 0.3) is 21.3 Å². The molecule has 0 radical (unpaired) electrons. The van der Waals surface area contributed by atoms with Crippen LogP contribution in [0, 0.1) is 11.7 Å². The zero-order chi connectivity index (χ0) is 21.0. The van der Waals surface area contributed by atoms with Crippen molar-refractivity contribution in [2.75, 3.05) is 50.8 Å². The predicted molar refractivity (Wildman–Crippen MR) is 124 cm³/mol. The van der Waals surface area contributed by atoms with Gasteiger partial charge in [-0.3, -0.25) is 0 Å². The highest BCUT2D eigenvalue weighted by Crippen LogP contribution is 2.38. The number of benzene rings is 1. The summed E-state index contributed by atoms with van der Waals surface area (Å²) < 4.78 is 19.4. The molecule has 2 saturated heterocycles. The van der Waals surface area contributed by atoms with Gasteiger partial charge < -0.3 is 14.5 Å². The van der Waals surface area contributed by atoms with Crippen LogP contribution in [-0.2, 0) is 4.74 Å². The summed E-state index contributed by atoms with van der Waals surface area (Å²) in [7, 11) is 0. The van der Waals surface area contributed by atoms with E-state index in [1.54, 1.807) is 17.7 Å². The van der Waals surface area contributed by atoms with Gasteiger partial charge in [-0.25, -0.2) is 14.4 Å². The molecule has 2 aliphatic heterocycles. The molecule has 0 saturated carbocycles. The summed E-state index contributed by atoms with van der Waals surface area (Å²) in [5.41, 5.74) is 2.09. The number of hydrogen-bond acceptors (Lipinski definition) is 6. The number of rotatable bonds is 7. The molecule has 2 aromatic heterocycles. The van der Waals surface area contributed by atoms with E-state index in [9.17, 15) is 4.39 Å². The summed E-state index contributed by atoms with van der Waals surface area (Å²) in [4.78, 5) is 15.0. The van der Waals surface area contributed by atoms with Gasteiger partial charge in [-0.05, 0) is 62.4 Å². The lowest BCUT2D eigenvalue weighted by atomic mass is 9.97. The topological polar surface area (TPSA) is 41.5 Å². The molecule has 0 N–H and O–H groups in total. The number of anilines is 1. The molecule has 164 valence electrons. The van der Waals surface area contributed by atoms with E-state index < -0.39 is 0 Å². The quantitative estimate of drug-likeness (QED) is 0.493. The number of likely N-dealkylation sites (tertiary alicyclic amines) is 1. The normalized spacial score (nSPS) is 18.3. The van der Waals surface area contributed by atoms with Gasteiger partial charge in [0.25, 0.3) is 0 Å². The van der Waals surface area contributed by atoms with Gasteiger partial charge in [0.1, 0.15) is 22.8 Å². The van der Waals surface area contributed by atoms with E-state index in [2.05, 4.69) is 25.1 Å². The Morgan fingerprint density at radius 2 is 1.81 bits per heavy atom.